The number of nitrogens with zero attached hydrogens (tertiary/aromatic N) is 1. The Morgan fingerprint density at radius 1 is 0.889 bits per heavy atom. The Hall–Kier alpha value is -5.83. The molecule has 4 aromatic carbocycles. The van der Waals surface area contributed by atoms with Gasteiger partial charge in [-0.15, -0.1) is 0 Å². The van der Waals surface area contributed by atoms with Gasteiger partial charge in [0.15, 0.2) is 0 Å². The molecule has 0 bridgehead atoms. The van der Waals surface area contributed by atoms with Gasteiger partial charge >= 0.3 is 0 Å². The highest BCUT2D eigenvalue weighted by Gasteiger charge is 2.53. The Labute approximate surface area is 375 Å². The largest absolute Gasteiger partial charge is 0.385 e. The third-order valence-electron chi connectivity index (χ3n) is 12.3. The van der Waals surface area contributed by atoms with Crippen LogP contribution in [0.3, 0.4) is 0 Å². The number of hydrogen-bond donors (Lipinski definition) is 6. The van der Waals surface area contributed by atoms with E-state index in [1.54, 1.807) is 66.7 Å². The summed E-state index contributed by atoms with van der Waals surface area (Å²) < 4.78 is 14.8. The SMILES string of the molecule is O=C(Nc1cccc(Cl)c1)C1C(c2cccc(Cl)c2F)CNC12CCCCC2.O=CNc1ccc(C(=O)NCCCCNc2cccc3c2CN(C2CCC(=O)NC2=O)C3=O)cc1. The molecule has 3 unspecified atom stereocenters. The molecule has 63 heavy (non-hydrogen) atoms. The monoisotopic (exact) mass is 897 g/mol. The number of unbranched alkanes of at least 4 members (excludes halogenated alkanes) is 1. The summed E-state index contributed by atoms with van der Waals surface area (Å²) in [7, 11) is 0. The molecule has 3 aliphatic heterocycles. The van der Waals surface area contributed by atoms with Crippen molar-refractivity contribution >= 4 is 76.2 Å². The highest BCUT2D eigenvalue weighted by molar-refractivity contribution is 6.31. The maximum absolute atomic E-state index is 14.8. The molecule has 0 aromatic heterocycles. The van der Waals surface area contributed by atoms with E-state index in [-0.39, 0.29) is 52.4 Å². The number of hydrogen-bond acceptors (Lipinski definition) is 8. The average Bonchev–Trinajstić information content (AvgIpc) is 3.81. The van der Waals surface area contributed by atoms with Crippen molar-refractivity contribution in [3.63, 3.8) is 0 Å². The summed E-state index contributed by atoms with van der Waals surface area (Å²) in [5, 5.41) is 18.3. The van der Waals surface area contributed by atoms with Crippen LogP contribution in [0, 0.1) is 11.7 Å². The Morgan fingerprint density at radius 2 is 1.63 bits per heavy atom. The van der Waals surface area contributed by atoms with E-state index in [1.807, 2.05) is 18.2 Å². The summed E-state index contributed by atoms with van der Waals surface area (Å²) >= 11 is 12.1. The first-order valence-electron chi connectivity index (χ1n) is 21.3. The van der Waals surface area contributed by atoms with Crippen molar-refractivity contribution < 1.29 is 33.2 Å². The van der Waals surface area contributed by atoms with Crippen molar-refractivity contribution in [2.45, 2.75) is 81.8 Å². The molecule has 1 saturated carbocycles. The normalized spacial score (nSPS) is 20.0. The van der Waals surface area contributed by atoms with Crippen molar-refractivity contribution in [2.75, 3.05) is 35.6 Å². The number of carbonyl (C=O) groups excluding carboxylic acids is 6. The summed E-state index contributed by atoms with van der Waals surface area (Å²) in [6.07, 6.45) is 7.84. The van der Waals surface area contributed by atoms with Crippen molar-refractivity contribution in [3.8, 4) is 0 Å². The fourth-order valence-electron chi connectivity index (χ4n) is 9.23. The fourth-order valence-corrected chi connectivity index (χ4v) is 9.60. The van der Waals surface area contributed by atoms with Crippen LogP contribution in [0.4, 0.5) is 21.5 Å². The van der Waals surface area contributed by atoms with Crippen LogP contribution in [-0.4, -0.2) is 72.1 Å². The lowest BCUT2D eigenvalue weighted by atomic mass is 9.69. The van der Waals surface area contributed by atoms with E-state index in [2.05, 4.69) is 31.9 Å². The molecule has 1 aliphatic carbocycles. The predicted molar refractivity (Wildman–Crippen MR) is 240 cm³/mol. The summed E-state index contributed by atoms with van der Waals surface area (Å²) in [5.41, 5.74) is 4.26. The summed E-state index contributed by atoms with van der Waals surface area (Å²) in [6, 6.07) is 23.6. The van der Waals surface area contributed by atoms with E-state index >= 15 is 0 Å². The summed E-state index contributed by atoms with van der Waals surface area (Å²) in [6.45, 7) is 2.06. The zero-order chi connectivity index (χ0) is 44.5. The van der Waals surface area contributed by atoms with Crippen LogP contribution in [0.15, 0.2) is 84.9 Å². The summed E-state index contributed by atoms with van der Waals surface area (Å²) in [5.74, 6) is -2.27. The van der Waals surface area contributed by atoms with Crippen molar-refractivity contribution in [1.29, 1.82) is 0 Å². The second kappa shape index (κ2) is 20.6. The van der Waals surface area contributed by atoms with Crippen molar-refractivity contribution in [2.24, 2.45) is 5.92 Å². The second-order valence-corrected chi connectivity index (χ2v) is 17.1. The van der Waals surface area contributed by atoms with E-state index in [9.17, 15) is 33.2 Å². The van der Waals surface area contributed by atoms with Gasteiger partial charge in [-0.05, 0) is 98.3 Å². The maximum Gasteiger partial charge on any atom is 0.255 e. The smallest absolute Gasteiger partial charge is 0.255 e. The minimum absolute atomic E-state index is 0.0936. The Kier molecular flexibility index (Phi) is 14.8. The number of amides is 6. The van der Waals surface area contributed by atoms with Gasteiger partial charge in [-0.1, -0.05) is 66.7 Å². The molecular formula is C47H50Cl2FN7O6. The van der Waals surface area contributed by atoms with Gasteiger partial charge in [0.05, 0.1) is 10.9 Å². The van der Waals surface area contributed by atoms with Gasteiger partial charge in [0.25, 0.3) is 11.8 Å². The Morgan fingerprint density at radius 3 is 2.38 bits per heavy atom. The standard InChI is InChI=1S/C25H27N5O5.C22H23Cl2FN2O/c31-15-28-17-8-6-16(7-9-17)23(33)27-13-2-1-12-26-20-5-3-4-18-19(20)14-30(25(18)35)21-10-11-22(32)29-24(21)34;23-14-6-4-7-15(12-14)27-21(28)19-17(16-8-5-9-18(24)20(16)25)13-26-22(19)10-2-1-3-11-22/h3-9,15,21,26H,1-2,10-14H2,(H,27,33)(H,28,31)(H,29,32,34);4-9,12,17,19,26H,1-3,10-11,13H2,(H,27,28). The van der Waals surface area contributed by atoms with Crippen LogP contribution < -0.4 is 31.9 Å². The number of imide groups is 1. The molecule has 4 aromatic rings. The number of rotatable bonds is 13. The molecule has 13 nitrogen and oxygen atoms in total. The maximum atomic E-state index is 14.8. The van der Waals surface area contributed by atoms with Crippen LogP contribution >= 0.6 is 23.2 Å². The lowest BCUT2D eigenvalue weighted by Crippen LogP contribution is -2.52. The Bertz CT molecular complexity index is 2360. The molecule has 8 rings (SSSR count). The molecular weight excluding hydrogens is 848 g/mol. The molecule has 3 heterocycles. The van der Waals surface area contributed by atoms with Crippen LogP contribution in [-0.2, 0) is 25.7 Å². The number of piperidine rings is 1. The number of anilines is 3. The molecule has 3 fully saturated rings. The first-order chi connectivity index (χ1) is 30.5. The number of benzene rings is 4. The molecule has 2 saturated heterocycles. The number of nitrogens with one attached hydrogen (secondary N) is 6. The topological polar surface area (TPSA) is 178 Å². The van der Waals surface area contributed by atoms with E-state index in [0.29, 0.717) is 72.1 Å². The van der Waals surface area contributed by atoms with Crippen LogP contribution in [0.2, 0.25) is 10.0 Å². The van der Waals surface area contributed by atoms with Gasteiger partial charge < -0.3 is 31.5 Å². The van der Waals surface area contributed by atoms with Crippen LogP contribution in [0.25, 0.3) is 0 Å². The highest BCUT2D eigenvalue weighted by atomic mass is 35.5. The number of carbonyl (C=O) groups is 6. The van der Waals surface area contributed by atoms with E-state index in [0.717, 1.165) is 49.8 Å². The molecule has 3 atom stereocenters. The van der Waals surface area contributed by atoms with Crippen LogP contribution in [0.1, 0.15) is 95.5 Å². The molecule has 6 N–H and O–H groups in total. The molecule has 0 radical (unpaired) electrons. The first-order valence-corrected chi connectivity index (χ1v) is 22.1. The molecule has 330 valence electrons. The van der Waals surface area contributed by atoms with E-state index in [4.69, 9.17) is 23.2 Å². The first kappa shape index (κ1) is 45.2. The van der Waals surface area contributed by atoms with Gasteiger partial charge in [-0.3, -0.25) is 34.1 Å². The molecule has 6 amide bonds. The predicted octanol–water partition coefficient (Wildman–Crippen LogP) is 7.42. The lowest BCUT2D eigenvalue weighted by Gasteiger charge is -2.39. The van der Waals surface area contributed by atoms with Gasteiger partial charge in [-0.2, -0.15) is 0 Å². The zero-order valence-electron chi connectivity index (χ0n) is 34.6. The van der Waals surface area contributed by atoms with Gasteiger partial charge in [-0.25, -0.2) is 4.39 Å². The third kappa shape index (κ3) is 10.5. The average molecular weight is 899 g/mol. The number of halogens is 3. The fraction of sp³-hybridized carbons (Fsp3) is 0.362. The van der Waals surface area contributed by atoms with Crippen LogP contribution in [0.5, 0.6) is 0 Å². The lowest BCUT2D eigenvalue weighted by molar-refractivity contribution is -0.137. The molecule has 4 aliphatic rings. The summed E-state index contributed by atoms with van der Waals surface area (Å²) in [4.78, 5) is 74.2. The van der Waals surface area contributed by atoms with Gasteiger partial charge in [0.1, 0.15) is 11.9 Å². The quantitative estimate of drug-likeness (QED) is 0.0457. The van der Waals surface area contributed by atoms with Gasteiger partial charge in [0, 0.05) is 82.8 Å². The Balaban J connectivity index is 0.000000193. The van der Waals surface area contributed by atoms with E-state index in [1.165, 1.54) is 11.3 Å². The third-order valence-corrected chi connectivity index (χ3v) is 12.9. The minimum Gasteiger partial charge on any atom is -0.385 e. The van der Waals surface area contributed by atoms with Crippen molar-refractivity contribution in [3.05, 3.63) is 123 Å². The van der Waals surface area contributed by atoms with Crippen molar-refractivity contribution in [1.82, 2.24) is 20.9 Å². The second-order valence-electron chi connectivity index (χ2n) is 16.3. The minimum atomic E-state index is -0.637. The molecule has 16 heteroatoms. The molecule has 1 spiro atoms. The number of fused-ring (bicyclic) bond motifs is 1. The highest BCUT2D eigenvalue weighted by Crippen LogP contribution is 2.47. The van der Waals surface area contributed by atoms with Gasteiger partial charge in [0.2, 0.25) is 24.1 Å². The van der Waals surface area contributed by atoms with E-state index < -0.39 is 17.8 Å². The zero-order valence-corrected chi connectivity index (χ0v) is 36.1.